The molecule has 4 aliphatic rings. The average Bonchev–Trinajstić information content (AvgIpc) is 3.19. The second kappa shape index (κ2) is 12.9. The molecule has 4 rings (SSSR count). The molecule has 7 nitrogen and oxygen atoms in total. The SMILES string of the molecule is CC(C)[Si](O[C@@H]1[C@H]2OCC=CC[C@@H]2O[C@@H]2C[C@@H]3O[C@H](CO[Si](C)(C)C(C)(C)C)[C@@H](O)C=C[C@H]3O[C@@H]12)(C(C)C)C(C)C. The number of rotatable bonds is 8. The van der Waals surface area contributed by atoms with Crippen molar-refractivity contribution in [2.75, 3.05) is 13.2 Å². The predicted molar refractivity (Wildman–Crippen MR) is 168 cm³/mol. The monoisotopic (exact) mass is 610 g/mol. The fourth-order valence-electron chi connectivity index (χ4n) is 7.21. The standard InChI is InChI=1S/C32H58O7Si2/c1-20(2)41(21(3)4,22(5)6)39-31-29-25(14-12-13-17-34-29)36-27-18-26-24(38-30(27)31)16-15-23(33)28(37-26)19-35-40(10,11)32(7,8)9/h12-13,15-16,20-31,33H,14,17-19H2,1-11H3/t23-,24+,25-,26-,27+,28+,29-,30+,31+/m0/s1. The first-order valence-corrected chi connectivity index (χ1v) is 21.0. The van der Waals surface area contributed by atoms with Crippen LogP contribution in [0.2, 0.25) is 34.8 Å². The molecule has 1 N–H and O–H groups in total. The van der Waals surface area contributed by atoms with E-state index in [2.05, 4.69) is 87.6 Å². The molecule has 0 radical (unpaired) electrons. The van der Waals surface area contributed by atoms with Crippen LogP contribution in [0.25, 0.3) is 0 Å². The van der Waals surface area contributed by atoms with Crippen LogP contribution in [0.15, 0.2) is 24.3 Å². The van der Waals surface area contributed by atoms with Crippen LogP contribution in [-0.4, -0.2) is 89.9 Å². The Morgan fingerprint density at radius 1 is 0.854 bits per heavy atom. The van der Waals surface area contributed by atoms with Crippen molar-refractivity contribution in [3.8, 4) is 0 Å². The molecule has 4 heterocycles. The molecular formula is C32H58O7Si2. The summed E-state index contributed by atoms with van der Waals surface area (Å²) in [7, 11) is -4.24. The molecule has 2 fully saturated rings. The van der Waals surface area contributed by atoms with E-state index in [-0.39, 0.29) is 47.8 Å². The van der Waals surface area contributed by atoms with Crippen molar-refractivity contribution >= 4 is 16.6 Å². The Bertz CT molecular complexity index is 906. The molecule has 0 aromatic rings. The van der Waals surface area contributed by atoms with Gasteiger partial charge in [0, 0.05) is 6.42 Å². The Morgan fingerprint density at radius 2 is 1.51 bits per heavy atom. The molecule has 236 valence electrons. The number of aliphatic hydroxyl groups is 1. The highest BCUT2D eigenvalue weighted by Crippen LogP contribution is 2.47. The number of fused-ring (bicyclic) bond motifs is 3. The van der Waals surface area contributed by atoms with Gasteiger partial charge >= 0.3 is 0 Å². The Labute approximate surface area is 251 Å². The second-order valence-corrected chi connectivity index (χ2v) is 25.3. The Morgan fingerprint density at radius 3 is 2.12 bits per heavy atom. The maximum absolute atomic E-state index is 11.0. The summed E-state index contributed by atoms with van der Waals surface area (Å²) in [5.74, 6) is 0. The maximum atomic E-state index is 11.0. The highest BCUT2D eigenvalue weighted by molar-refractivity contribution is 6.77. The van der Waals surface area contributed by atoms with Crippen LogP contribution in [0, 0.1) is 0 Å². The zero-order valence-corrected chi connectivity index (χ0v) is 29.5. The van der Waals surface area contributed by atoms with Crippen LogP contribution in [-0.2, 0) is 27.8 Å². The molecule has 2 saturated heterocycles. The lowest BCUT2D eigenvalue weighted by Crippen LogP contribution is -2.67. The van der Waals surface area contributed by atoms with Gasteiger partial charge in [-0.15, -0.1) is 0 Å². The summed E-state index contributed by atoms with van der Waals surface area (Å²) in [6, 6.07) is 0. The van der Waals surface area contributed by atoms with E-state index in [0.717, 1.165) is 6.42 Å². The minimum absolute atomic E-state index is 0.0828. The first kappa shape index (κ1) is 33.5. The number of hydrogen-bond donors (Lipinski definition) is 1. The van der Waals surface area contributed by atoms with Gasteiger partial charge in [-0.25, -0.2) is 0 Å². The van der Waals surface area contributed by atoms with Crippen molar-refractivity contribution in [3.63, 3.8) is 0 Å². The Balaban J connectivity index is 1.59. The van der Waals surface area contributed by atoms with E-state index in [1.165, 1.54) is 0 Å². The predicted octanol–water partition coefficient (Wildman–Crippen LogP) is 6.52. The second-order valence-electron chi connectivity index (χ2n) is 15.1. The Kier molecular flexibility index (Phi) is 10.6. The van der Waals surface area contributed by atoms with E-state index in [9.17, 15) is 5.11 Å². The van der Waals surface area contributed by atoms with Crippen molar-refractivity contribution in [1.29, 1.82) is 0 Å². The minimum Gasteiger partial charge on any atom is -0.414 e. The smallest absolute Gasteiger partial charge is 0.201 e. The molecule has 4 aliphatic heterocycles. The van der Waals surface area contributed by atoms with E-state index < -0.39 is 28.8 Å². The minimum atomic E-state index is -2.24. The van der Waals surface area contributed by atoms with Crippen molar-refractivity contribution in [1.82, 2.24) is 0 Å². The lowest BCUT2D eigenvalue weighted by Gasteiger charge is -2.54. The molecule has 9 atom stereocenters. The molecule has 0 saturated carbocycles. The molecule has 41 heavy (non-hydrogen) atoms. The molecule has 0 amide bonds. The molecule has 0 bridgehead atoms. The van der Waals surface area contributed by atoms with Gasteiger partial charge < -0.3 is 32.9 Å². The van der Waals surface area contributed by atoms with E-state index in [1.54, 1.807) is 0 Å². The number of ether oxygens (including phenoxy) is 4. The first-order chi connectivity index (χ1) is 19.1. The van der Waals surface area contributed by atoms with Crippen LogP contribution in [0.5, 0.6) is 0 Å². The van der Waals surface area contributed by atoms with Gasteiger partial charge in [-0.1, -0.05) is 86.6 Å². The third-order valence-electron chi connectivity index (χ3n) is 10.5. The fraction of sp³-hybridized carbons (Fsp3) is 0.875. The van der Waals surface area contributed by atoms with Gasteiger partial charge in [-0.3, -0.25) is 0 Å². The van der Waals surface area contributed by atoms with Gasteiger partial charge in [0.15, 0.2) is 8.32 Å². The molecule has 0 unspecified atom stereocenters. The molecule has 9 heteroatoms. The van der Waals surface area contributed by atoms with Crippen LogP contribution in [0.1, 0.15) is 75.2 Å². The van der Waals surface area contributed by atoms with Gasteiger partial charge in [0.05, 0.1) is 31.5 Å². The van der Waals surface area contributed by atoms with Gasteiger partial charge in [0.2, 0.25) is 8.32 Å². The first-order valence-electron chi connectivity index (χ1n) is 16.0. The quantitative estimate of drug-likeness (QED) is 0.248. The van der Waals surface area contributed by atoms with Crippen molar-refractivity contribution in [2.45, 2.75) is 165 Å². The number of aliphatic hydroxyl groups excluding tert-OH is 1. The third-order valence-corrected chi connectivity index (χ3v) is 21.1. The lowest BCUT2D eigenvalue weighted by atomic mass is 9.87. The summed E-state index contributed by atoms with van der Waals surface area (Å²) in [4.78, 5) is 0. The highest BCUT2D eigenvalue weighted by Gasteiger charge is 2.57. The number of hydrogen-bond acceptors (Lipinski definition) is 7. The normalized spacial score (nSPS) is 36.6. The van der Waals surface area contributed by atoms with Crippen molar-refractivity contribution < 1.29 is 32.9 Å². The molecule has 0 spiro atoms. The summed E-state index contributed by atoms with van der Waals surface area (Å²) in [6.45, 7) is 26.0. The largest absolute Gasteiger partial charge is 0.414 e. The maximum Gasteiger partial charge on any atom is 0.201 e. The molecule has 0 aromatic carbocycles. The lowest BCUT2D eigenvalue weighted by molar-refractivity contribution is -0.283. The average molecular weight is 611 g/mol. The fourth-order valence-corrected chi connectivity index (χ4v) is 13.8. The van der Waals surface area contributed by atoms with E-state index in [4.69, 9.17) is 27.8 Å². The van der Waals surface area contributed by atoms with E-state index >= 15 is 0 Å². The van der Waals surface area contributed by atoms with E-state index in [0.29, 0.717) is 36.3 Å². The van der Waals surface area contributed by atoms with Gasteiger partial charge in [-0.2, -0.15) is 0 Å². The van der Waals surface area contributed by atoms with Crippen LogP contribution < -0.4 is 0 Å². The summed E-state index contributed by atoms with van der Waals surface area (Å²) < 4.78 is 40.6. The van der Waals surface area contributed by atoms with Crippen molar-refractivity contribution in [2.24, 2.45) is 0 Å². The van der Waals surface area contributed by atoms with Crippen molar-refractivity contribution in [3.05, 3.63) is 24.3 Å². The molecule has 0 aliphatic carbocycles. The zero-order chi connectivity index (χ0) is 30.3. The van der Waals surface area contributed by atoms with E-state index in [1.807, 2.05) is 12.2 Å². The highest BCUT2D eigenvalue weighted by atomic mass is 28.4. The summed E-state index contributed by atoms with van der Waals surface area (Å²) in [6.07, 6.45) is 6.82. The summed E-state index contributed by atoms with van der Waals surface area (Å²) >= 11 is 0. The van der Waals surface area contributed by atoms with Crippen LogP contribution >= 0.6 is 0 Å². The molecular weight excluding hydrogens is 553 g/mol. The van der Waals surface area contributed by atoms with Gasteiger partial charge in [0.1, 0.15) is 36.6 Å². The van der Waals surface area contributed by atoms with Crippen LogP contribution in [0.3, 0.4) is 0 Å². The summed E-state index contributed by atoms with van der Waals surface area (Å²) in [5.41, 5.74) is 1.33. The summed E-state index contributed by atoms with van der Waals surface area (Å²) in [5, 5.41) is 11.1. The van der Waals surface area contributed by atoms with Gasteiger partial charge in [0.25, 0.3) is 0 Å². The Hall–Kier alpha value is -0.366. The van der Waals surface area contributed by atoms with Crippen LogP contribution in [0.4, 0.5) is 0 Å². The third kappa shape index (κ3) is 6.83. The zero-order valence-electron chi connectivity index (χ0n) is 27.5. The van der Waals surface area contributed by atoms with Gasteiger partial charge in [-0.05, 0) is 41.2 Å². The molecule has 0 aromatic heterocycles. The topological polar surface area (TPSA) is 75.6 Å².